The van der Waals surface area contributed by atoms with Gasteiger partial charge in [-0.1, -0.05) is 42.8 Å². The predicted octanol–water partition coefficient (Wildman–Crippen LogP) is 3.87. The van der Waals surface area contributed by atoms with Crippen LogP contribution in [0.3, 0.4) is 0 Å². The summed E-state index contributed by atoms with van der Waals surface area (Å²) in [6, 6.07) is 10.4. The van der Waals surface area contributed by atoms with Crippen molar-refractivity contribution < 1.29 is 4.92 Å². The van der Waals surface area contributed by atoms with Crippen LogP contribution in [0.1, 0.15) is 12.5 Å². The first-order valence-electron chi connectivity index (χ1n) is 5.51. The number of halogens is 1. The van der Waals surface area contributed by atoms with Crippen molar-refractivity contribution in [1.82, 2.24) is 4.98 Å². The summed E-state index contributed by atoms with van der Waals surface area (Å²) in [5.74, 6) is 0. The van der Waals surface area contributed by atoms with Gasteiger partial charge < -0.3 is 0 Å². The topological polar surface area (TPSA) is 56.0 Å². The second-order valence-corrected chi connectivity index (χ2v) is 4.23. The van der Waals surface area contributed by atoms with E-state index in [9.17, 15) is 10.1 Å². The Morgan fingerprint density at radius 1 is 1.28 bits per heavy atom. The number of nitro groups is 1. The maximum atomic E-state index is 10.8. The van der Waals surface area contributed by atoms with E-state index in [1.165, 1.54) is 17.7 Å². The first-order valence-corrected chi connectivity index (χ1v) is 5.89. The third-order valence-electron chi connectivity index (χ3n) is 2.65. The Kier molecular flexibility index (Phi) is 3.58. The van der Waals surface area contributed by atoms with Crippen molar-refractivity contribution in [2.75, 3.05) is 0 Å². The van der Waals surface area contributed by atoms with Crippen molar-refractivity contribution in [3.8, 4) is 11.3 Å². The molecule has 5 heteroatoms. The summed E-state index contributed by atoms with van der Waals surface area (Å²) in [7, 11) is 0. The zero-order valence-corrected chi connectivity index (χ0v) is 10.5. The summed E-state index contributed by atoms with van der Waals surface area (Å²) in [5, 5.41) is 10.9. The SMILES string of the molecule is CCc1ccc(-c2cc([N+](=O)[O-])cc(Cl)n2)cc1. The molecular formula is C13H11ClN2O2. The minimum absolute atomic E-state index is 0.0513. The summed E-state index contributed by atoms with van der Waals surface area (Å²) in [6.07, 6.45) is 0.948. The fourth-order valence-electron chi connectivity index (χ4n) is 1.65. The molecule has 1 heterocycles. The van der Waals surface area contributed by atoms with Crippen LogP contribution < -0.4 is 0 Å². The van der Waals surface area contributed by atoms with Crippen LogP contribution in [0.5, 0.6) is 0 Å². The largest absolute Gasteiger partial charge is 0.274 e. The lowest BCUT2D eigenvalue weighted by atomic mass is 10.1. The number of hydrogen-bond acceptors (Lipinski definition) is 3. The van der Waals surface area contributed by atoms with Crippen LogP contribution in [0.2, 0.25) is 5.15 Å². The van der Waals surface area contributed by atoms with Gasteiger partial charge in [0.25, 0.3) is 5.69 Å². The minimum Gasteiger partial charge on any atom is -0.258 e. The highest BCUT2D eigenvalue weighted by Gasteiger charge is 2.11. The van der Waals surface area contributed by atoms with Gasteiger partial charge in [0.1, 0.15) is 5.15 Å². The Balaban J connectivity index is 2.46. The molecule has 4 nitrogen and oxygen atoms in total. The summed E-state index contributed by atoms with van der Waals surface area (Å²) in [6.45, 7) is 2.07. The van der Waals surface area contributed by atoms with Gasteiger partial charge in [-0.25, -0.2) is 4.98 Å². The minimum atomic E-state index is -0.475. The van der Waals surface area contributed by atoms with E-state index in [-0.39, 0.29) is 10.8 Å². The molecule has 0 saturated carbocycles. The van der Waals surface area contributed by atoms with Gasteiger partial charge in [-0.05, 0) is 12.0 Å². The molecule has 0 aliphatic rings. The lowest BCUT2D eigenvalue weighted by Crippen LogP contribution is -1.92. The number of hydrogen-bond donors (Lipinski definition) is 0. The molecule has 18 heavy (non-hydrogen) atoms. The van der Waals surface area contributed by atoms with E-state index in [2.05, 4.69) is 11.9 Å². The van der Waals surface area contributed by atoms with E-state index >= 15 is 0 Å². The summed E-state index contributed by atoms with van der Waals surface area (Å²) < 4.78 is 0. The van der Waals surface area contributed by atoms with Crippen LogP contribution in [-0.4, -0.2) is 9.91 Å². The van der Waals surface area contributed by atoms with Gasteiger partial charge in [0.2, 0.25) is 0 Å². The molecule has 2 aromatic rings. The molecule has 0 aliphatic carbocycles. The van der Waals surface area contributed by atoms with Gasteiger partial charge >= 0.3 is 0 Å². The highest BCUT2D eigenvalue weighted by Crippen LogP contribution is 2.25. The van der Waals surface area contributed by atoms with Crippen LogP contribution in [0.4, 0.5) is 5.69 Å². The fourth-order valence-corrected chi connectivity index (χ4v) is 1.85. The number of nitrogens with zero attached hydrogens (tertiary/aromatic N) is 2. The van der Waals surface area contributed by atoms with Crippen LogP contribution >= 0.6 is 11.6 Å². The Morgan fingerprint density at radius 2 is 1.94 bits per heavy atom. The van der Waals surface area contributed by atoms with Crippen LogP contribution in [0.15, 0.2) is 36.4 Å². The maximum absolute atomic E-state index is 10.8. The zero-order valence-electron chi connectivity index (χ0n) is 9.76. The fraction of sp³-hybridized carbons (Fsp3) is 0.154. The van der Waals surface area contributed by atoms with Crippen molar-refractivity contribution in [3.05, 3.63) is 57.2 Å². The quantitative estimate of drug-likeness (QED) is 0.479. The molecule has 0 fully saturated rings. The first-order chi connectivity index (χ1) is 8.60. The van der Waals surface area contributed by atoms with Crippen LogP contribution in [-0.2, 0) is 6.42 Å². The van der Waals surface area contributed by atoms with Crippen molar-refractivity contribution in [2.45, 2.75) is 13.3 Å². The molecule has 0 radical (unpaired) electrons. The molecule has 2 rings (SSSR count). The highest BCUT2D eigenvalue weighted by atomic mass is 35.5. The molecule has 1 aromatic carbocycles. The van der Waals surface area contributed by atoms with Crippen molar-refractivity contribution in [2.24, 2.45) is 0 Å². The first kappa shape index (κ1) is 12.5. The Bertz CT molecular complexity index is 582. The van der Waals surface area contributed by atoms with E-state index in [4.69, 9.17) is 11.6 Å². The van der Waals surface area contributed by atoms with E-state index < -0.39 is 4.92 Å². The Hall–Kier alpha value is -1.94. The molecule has 0 aliphatic heterocycles. The van der Waals surface area contributed by atoms with E-state index in [0.29, 0.717) is 5.69 Å². The van der Waals surface area contributed by atoms with Crippen LogP contribution in [0, 0.1) is 10.1 Å². The monoisotopic (exact) mass is 262 g/mol. The lowest BCUT2D eigenvalue weighted by Gasteiger charge is -2.03. The van der Waals surface area contributed by atoms with Gasteiger partial charge in [-0.3, -0.25) is 10.1 Å². The molecule has 0 N–H and O–H groups in total. The molecule has 0 bridgehead atoms. The van der Waals surface area contributed by atoms with Gasteiger partial charge in [0, 0.05) is 11.6 Å². The van der Waals surface area contributed by atoms with E-state index in [1.807, 2.05) is 24.3 Å². The van der Waals surface area contributed by atoms with Crippen LogP contribution in [0.25, 0.3) is 11.3 Å². The van der Waals surface area contributed by atoms with Gasteiger partial charge in [0.05, 0.1) is 16.7 Å². The number of rotatable bonds is 3. The van der Waals surface area contributed by atoms with E-state index in [0.717, 1.165) is 12.0 Å². The summed E-state index contributed by atoms with van der Waals surface area (Å²) in [4.78, 5) is 14.4. The molecule has 0 atom stereocenters. The molecule has 0 unspecified atom stereocenters. The van der Waals surface area contributed by atoms with E-state index in [1.54, 1.807) is 0 Å². The number of benzene rings is 1. The number of aryl methyl sites for hydroxylation is 1. The second-order valence-electron chi connectivity index (χ2n) is 3.84. The molecule has 92 valence electrons. The summed E-state index contributed by atoms with van der Waals surface area (Å²) in [5.41, 5.74) is 2.48. The van der Waals surface area contributed by atoms with Crippen molar-refractivity contribution in [3.63, 3.8) is 0 Å². The van der Waals surface area contributed by atoms with Crippen molar-refractivity contribution >= 4 is 17.3 Å². The molecular weight excluding hydrogens is 252 g/mol. The highest BCUT2D eigenvalue weighted by molar-refractivity contribution is 6.29. The second kappa shape index (κ2) is 5.14. The molecule has 1 aromatic heterocycles. The van der Waals surface area contributed by atoms with Gasteiger partial charge in [-0.15, -0.1) is 0 Å². The lowest BCUT2D eigenvalue weighted by molar-refractivity contribution is -0.384. The Labute approximate surface area is 109 Å². The summed E-state index contributed by atoms with van der Waals surface area (Å²) >= 11 is 5.79. The average molecular weight is 263 g/mol. The molecule has 0 spiro atoms. The average Bonchev–Trinajstić information content (AvgIpc) is 2.38. The molecule has 0 saturated heterocycles. The third-order valence-corrected chi connectivity index (χ3v) is 2.84. The number of aromatic nitrogens is 1. The smallest absolute Gasteiger partial charge is 0.258 e. The zero-order chi connectivity index (χ0) is 13.1. The Morgan fingerprint density at radius 3 is 2.50 bits per heavy atom. The van der Waals surface area contributed by atoms with Gasteiger partial charge in [0.15, 0.2) is 0 Å². The number of pyridine rings is 1. The normalized spacial score (nSPS) is 10.3. The predicted molar refractivity (Wildman–Crippen MR) is 70.7 cm³/mol. The molecule has 0 amide bonds. The standard InChI is InChI=1S/C13H11ClN2O2/c1-2-9-3-5-10(6-4-9)12-7-11(16(17)18)8-13(14)15-12/h3-8H,2H2,1H3. The third kappa shape index (κ3) is 2.65. The maximum Gasteiger partial charge on any atom is 0.274 e. The van der Waals surface area contributed by atoms with Gasteiger partial charge in [-0.2, -0.15) is 0 Å². The van der Waals surface area contributed by atoms with Crippen molar-refractivity contribution in [1.29, 1.82) is 0 Å².